The normalized spacial score (nSPS) is 13.0. The van der Waals surface area contributed by atoms with Gasteiger partial charge in [-0.3, -0.25) is 39.5 Å². The van der Waals surface area contributed by atoms with Crippen molar-refractivity contribution in [3.05, 3.63) is 80.0 Å². The molecule has 4 rings (SSSR count). The number of carbonyl (C=O) groups excluding carboxylic acids is 3. The molecule has 0 aliphatic carbocycles. The van der Waals surface area contributed by atoms with Crippen LogP contribution in [0.25, 0.3) is 0 Å². The van der Waals surface area contributed by atoms with E-state index in [1.54, 1.807) is 0 Å². The molecule has 0 saturated carbocycles. The van der Waals surface area contributed by atoms with Crippen molar-refractivity contribution >= 4 is 55.4 Å². The summed E-state index contributed by atoms with van der Waals surface area (Å²) in [5.41, 5.74) is -0.966. The maximum absolute atomic E-state index is 12.7. The van der Waals surface area contributed by atoms with Crippen LogP contribution in [0.2, 0.25) is 0 Å². The molecule has 1 aliphatic rings. The number of rotatable bonds is 7. The minimum atomic E-state index is -4.08. The zero-order valence-corrected chi connectivity index (χ0v) is 18.7. The number of carbonyl (C=O) groups is 3. The molecule has 0 spiro atoms. The average Bonchev–Trinajstić information content (AvgIpc) is 3.38. The molecule has 14 nitrogen and oxygen atoms in total. The number of anilines is 1. The number of benzene rings is 2. The van der Waals surface area contributed by atoms with Gasteiger partial charge in [0.25, 0.3) is 23.2 Å². The summed E-state index contributed by atoms with van der Waals surface area (Å²) >= 11 is 0.597. The van der Waals surface area contributed by atoms with E-state index in [1.165, 1.54) is 0 Å². The molecule has 35 heavy (non-hydrogen) atoms. The summed E-state index contributed by atoms with van der Waals surface area (Å²) < 4.78 is 25.2. The highest BCUT2D eigenvalue weighted by Crippen LogP contribution is 2.30. The Hall–Kier alpha value is -4.57. The Morgan fingerprint density at radius 2 is 1.57 bits per heavy atom. The van der Waals surface area contributed by atoms with Crippen LogP contribution in [0, 0.1) is 20.2 Å². The van der Waals surface area contributed by atoms with Crippen molar-refractivity contribution in [3.8, 4) is 0 Å². The van der Waals surface area contributed by atoms with Gasteiger partial charge in [-0.05, 0) is 18.2 Å². The number of nitro benzene ring substituents is 2. The van der Waals surface area contributed by atoms with Gasteiger partial charge >= 0.3 is 0 Å². The Bertz CT molecular complexity index is 1530. The molecule has 16 heteroatoms. The van der Waals surface area contributed by atoms with Crippen LogP contribution in [0.5, 0.6) is 0 Å². The van der Waals surface area contributed by atoms with E-state index >= 15 is 0 Å². The fourth-order valence-corrected chi connectivity index (χ4v) is 5.59. The monoisotopic (exact) mass is 517 g/mol. The zero-order chi connectivity index (χ0) is 25.5. The minimum Gasteiger partial charge on any atom is -0.300 e. The zero-order valence-electron chi connectivity index (χ0n) is 17.1. The Kier molecular flexibility index (Phi) is 5.83. The minimum absolute atomic E-state index is 0.0841. The van der Waals surface area contributed by atoms with Crippen LogP contribution in [0.3, 0.4) is 0 Å². The lowest BCUT2D eigenvalue weighted by Gasteiger charge is -2.12. The first-order valence-corrected chi connectivity index (χ1v) is 11.7. The van der Waals surface area contributed by atoms with E-state index in [2.05, 4.69) is 10.3 Å². The smallest absolute Gasteiger partial charge is 0.270 e. The Labute approximate surface area is 199 Å². The largest absolute Gasteiger partial charge is 0.300 e. The Morgan fingerprint density at radius 1 is 0.971 bits per heavy atom. The summed E-state index contributed by atoms with van der Waals surface area (Å²) in [6, 6.07) is 7.35. The van der Waals surface area contributed by atoms with Gasteiger partial charge in [-0.1, -0.05) is 11.3 Å². The Morgan fingerprint density at radius 3 is 2.20 bits per heavy atom. The maximum atomic E-state index is 12.7. The molecule has 2 heterocycles. The average molecular weight is 517 g/mol. The summed E-state index contributed by atoms with van der Waals surface area (Å²) in [6.45, 7) is -0.732. The van der Waals surface area contributed by atoms with E-state index < -0.39 is 44.0 Å². The van der Waals surface area contributed by atoms with E-state index in [9.17, 15) is 43.0 Å². The summed E-state index contributed by atoms with van der Waals surface area (Å²) in [5.74, 6) is -2.55. The first-order valence-electron chi connectivity index (χ1n) is 9.39. The Balaban J connectivity index is 1.46. The van der Waals surface area contributed by atoms with Gasteiger partial charge in [0.1, 0.15) is 10.8 Å². The summed E-state index contributed by atoms with van der Waals surface area (Å²) in [6.07, 6.45) is 0.984. The number of hydrogen-bond acceptors (Lipinski definition) is 11. The number of non-ortho nitro benzene ring substituents is 2. The predicted molar refractivity (Wildman–Crippen MR) is 118 cm³/mol. The molecule has 3 aromatic rings. The highest BCUT2D eigenvalue weighted by molar-refractivity contribution is 7.93. The number of nitrogens with one attached hydrogen (secondary N) is 1. The first kappa shape index (κ1) is 23.6. The van der Waals surface area contributed by atoms with E-state index in [0.717, 1.165) is 48.7 Å². The maximum Gasteiger partial charge on any atom is 0.270 e. The van der Waals surface area contributed by atoms with Crippen molar-refractivity contribution < 1.29 is 32.6 Å². The standard InChI is InChI=1S/C19H11N5O9S2/c25-15(9-22-17(26)13-6-3-11(24(30)31)7-14(13)18(22)27)21-19-20-8-16(34-19)35(32,33)12-4-1-10(2-5-12)23(28)29/h1-8H,9H2,(H,20,21,25). The number of thiazole rings is 1. The van der Waals surface area contributed by atoms with Crippen LogP contribution in [0.15, 0.2) is 57.8 Å². The van der Waals surface area contributed by atoms with Gasteiger partial charge in [-0.25, -0.2) is 13.4 Å². The van der Waals surface area contributed by atoms with E-state index in [0.29, 0.717) is 16.2 Å². The second-order valence-electron chi connectivity index (χ2n) is 6.97. The molecule has 1 aromatic heterocycles. The molecule has 1 aliphatic heterocycles. The van der Waals surface area contributed by atoms with Crippen molar-refractivity contribution in [1.29, 1.82) is 0 Å². The number of sulfone groups is 1. The lowest BCUT2D eigenvalue weighted by molar-refractivity contribution is -0.385. The van der Waals surface area contributed by atoms with E-state index in [4.69, 9.17) is 0 Å². The van der Waals surface area contributed by atoms with Gasteiger partial charge in [0.15, 0.2) is 5.13 Å². The fraction of sp³-hybridized carbons (Fsp3) is 0.0526. The molecule has 1 N–H and O–H groups in total. The van der Waals surface area contributed by atoms with Crippen LogP contribution in [0.4, 0.5) is 16.5 Å². The van der Waals surface area contributed by atoms with Gasteiger partial charge in [-0.15, -0.1) is 0 Å². The summed E-state index contributed by atoms with van der Waals surface area (Å²) in [4.78, 5) is 61.8. The number of nitro groups is 2. The van der Waals surface area contributed by atoms with E-state index in [1.807, 2.05) is 0 Å². The number of hydrogen-bond donors (Lipinski definition) is 1. The fourth-order valence-electron chi connectivity index (χ4n) is 3.14. The number of amides is 3. The molecular formula is C19H11N5O9S2. The van der Waals surface area contributed by atoms with Crippen molar-refractivity contribution in [2.24, 2.45) is 0 Å². The summed E-state index contributed by atoms with van der Waals surface area (Å²) in [5, 5.41) is 23.8. The van der Waals surface area contributed by atoms with Crippen LogP contribution in [0.1, 0.15) is 20.7 Å². The third-order valence-electron chi connectivity index (χ3n) is 4.82. The first-order chi connectivity index (χ1) is 16.5. The SMILES string of the molecule is O=C(CN1C(=O)c2ccc([N+](=O)[O-])cc2C1=O)Nc1ncc(S(=O)(=O)c2ccc([N+](=O)[O-])cc2)s1. The molecule has 0 atom stereocenters. The molecule has 0 unspecified atom stereocenters. The molecule has 3 amide bonds. The second-order valence-corrected chi connectivity index (χ2v) is 10.2. The van der Waals surface area contributed by atoms with Gasteiger partial charge in [0.2, 0.25) is 15.7 Å². The third kappa shape index (κ3) is 4.34. The highest BCUT2D eigenvalue weighted by Gasteiger charge is 2.38. The van der Waals surface area contributed by atoms with E-state index in [-0.39, 0.29) is 36.7 Å². The molecule has 0 saturated heterocycles. The van der Waals surface area contributed by atoms with Crippen LogP contribution in [-0.4, -0.2) is 52.4 Å². The molecule has 0 fully saturated rings. The topological polar surface area (TPSA) is 200 Å². The molecule has 178 valence electrons. The van der Waals surface area contributed by atoms with Gasteiger partial charge in [-0.2, -0.15) is 0 Å². The van der Waals surface area contributed by atoms with Crippen LogP contribution < -0.4 is 5.32 Å². The van der Waals surface area contributed by atoms with Crippen LogP contribution >= 0.6 is 11.3 Å². The van der Waals surface area contributed by atoms with Crippen molar-refractivity contribution in [1.82, 2.24) is 9.88 Å². The molecule has 0 bridgehead atoms. The van der Waals surface area contributed by atoms with Crippen molar-refractivity contribution in [2.75, 3.05) is 11.9 Å². The molecular weight excluding hydrogens is 506 g/mol. The lowest BCUT2D eigenvalue weighted by atomic mass is 10.1. The third-order valence-corrected chi connectivity index (χ3v) is 7.96. The quantitative estimate of drug-likeness (QED) is 0.274. The molecule has 0 radical (unpaired) electrons. The second kappa shape index (κ2) is 8.65. The van der Waals surface area contributed by atoms with Gasteiger partial charge < -0.3 is 5.32 Å². The molecule has 2 aromatic carbocycles. The predicted octanol–water partition coefficient (Wildman–Crippen LogP) is 2.03. The number of fused-ring (bicyclic) bond motifs is 1. The number of nitrogens with zero attached hydrogens (tertiary/aromatic N) is 4. The number of imide groups is 1. The highest BCUT2D eigenvalue weighted by atomic mass is 32.2. The lowest BCUT2D eigenvalue weighted by Crippen LogP contribution is -2.37. The van der Waals surface area contributed by atoms with Crippen LogP contribution in [-0.2, 0) is 14.6 Å². The summed E-state index contributed by atoms with van der Waals surface area (Å²) in [7, 11) is -4.08. The van der Waals surface area contributed by atoms with Gasteiger partial charge in [0.05, 0.1) is 32.1 Å². The number of aromatic nitrogens is 1. The van der Waals surface area contributed by atoms with Gasteiger partial charge in [0, 0.05) is 24.3 Å². The van der Waals surface area contributed by atoms with Crippen molar-refractivity contribution in [2.45, 2.75) is 9.10 Å². The van der Waals surface area contributed by atoms with Crippen molar-refractivity contribution in [3.63, 3.8) is 0 Å².